The molecular weight excluding hydrogens is 280 g/mol. The largest absolute Gasteiger partial charge is 0.371 e. The van der Waals surface area contributed by atoms with E-state index in [0.29, 0.717) is 0 Å². The number of nitrogens with one attached hydrogen (secondary N) is 1. The van der Waals surface area contributed by atoms with Crippen LogP contribution in [0.3, 0.4) is 0 Å². The zero-order valence-corrected chi connectivity index (χ0v) is 15.0. The topological polar surface area (TPSA) is 34.1 Å². The van der Waals surface area contributed by atoms with Gasteiger partial charge in [-0.05, 0) is 26.2 Å². The van der Waals surface area contributed by atoms with E-state index in [4.69, 9.17) is 9.72 Å². The number of nitrogens with zero attached hydrogens (tertiary/aromatic N) is 1. The van der Waals surface area contributed by atoms with Gasteiger partial charge in [-0.25, -0.2) is 4.98 Å². The lowest BCUT2D eigenvalue weighted by atomic mass is 9.91. The monoisotopic (exact) mass is 310 g/mol. The van der Waals surface area contributed by atoms with Crippen molar-refractivity contribution in [3.05, 3.63) is 15.6 Å². The lowest BCUT2D eigenvalue weighted by molar-refractivity contribution is 0.0553. The number of thiazole rings is 1. The van der Waals surface area contributed by atoms with E-state index in [1.807, 2.05) is 11.3 Å². The molecule has 0 saturated heterocycles. The van der Waals surface area contributed by atoms with Gasteiger partial charge in [0.2, 0.25) is 0 Å². The van der Waals surface area contributed by atoms with Gasteiger partial charge in [-0.2, -0.15) is 0 Å². The second-order valence-electron chi connectivity index (χ2n) is 6.96. The van der Waals surface area contributed by atoms with Crippen LogP contribution in [0.5, 0.6) is 0 Å². The Balaban J connectivity index is 2.20. The first-order valence-electron chi connectivity index (χ1n) is 8.30. The Kier molecular flexibility index (Phi) is 5.81. The molecule has 1 heterocycles. The Morgan fingerprint density at radius 2 is 2.05 bits per heavy atom. The van der Waals surface area contributed by atoms with Crippen molar-refractivity contribution in [3.63, 3.8) is 0 Å². The molecule has 1 unspecified atom stereocenters. The predicted molar refractivity (Wildman–Crippen MR) is 90.0 cm³/mol. The molecule has 1 aliphatic carbocycles. The van der Waals surface area contributed by atoms with Gasteiger partial charge in [0.15, 0.2) is 0 Å². The SMILES string of the molecule is CCCC(OCC)c1nc(C(C)(C)C)c(CNC2CC2)s1. The Morgan fingerprint density at radius 3 is 2.57 bits per heavy atom. The molecule has 1 fully saturated rings. The molecule has 1 saturated carbocycles. The first kappa shape index (κ1) is 16.9. The molecule has 1 aromatic rings. The summed E-state index contributed by atoms with van der Waals surface area (Å²) in [4.78, 5) is 6.36. The van der Waals surface area contributed by atoms with Crippen molar-refractivity contribution >= 4 is 11.3 Å². The number of hydrogen-bond acceptors (Lipinski definition) is 4. The van der Waals surface area contributed by atoms with E-state index in [1.54, 1.807) is 0 Å². The van der Waals surface area contributed by atoms with Crippen LogP contribution < -0.4 is 5.32 Å². The highest BCUT2D eigenvalue weighted by molar-refractivity contribution is 7.11. The van der Waals surface area contributed by atoms with Crippen molar-refractivity contribution in [2.24, 2.45) is 0 Å². The van der Waals surface area contributed by atoms with E-state index in [0.717, 1.165) is 37.0 Å². The van der Waals surface area contributed by atoms with E-state index < -0.39 is 0 Å². The molecule has 21 heavy (non-hydrogen) atoms. The maximum atomic E-state index is 5.91. The third-order valence-electron chi connectivity index (χ3n) is 3.75. The van der Waals surface area contributed by atoms with Crippen LogP contribution >= 0.6 is 11.3 Å². The Labute approximate surface area is 133 Å². The Bertz CT molecular complexity index is 440. The van der Waals surface area contributed by atoms with Crippen molar-refractivity contribution in [2.45, 2.75) is 84.4 Å². The summed E-state index contributed by atoms with van der Waals surface area (Å²) in [6.45, 7) is 12.7. The number of ether oxygens (including phenoxy) is 1. The van der Waals surface area contributed by atoms with Crippen LogP contribution in [0, 0.1) is 0 Å². The van der Waals surface area contributed by atoms with Gasteiger partial charge in [-0.1, -0.05) is 34.1 Å². The molecule has 2 rings (SSSR count). The molecule has 1 atom stereocenters. The van der Waals surface area contributed by atoms with Crippen molar-refractivity contribution in [3.8, 4) is 0 Å². The molecule has 1 N–H and O–H groups in total. The molecule has 1 aromatic heterocycles. The molecule has 0 aromatic carbocycles. The molecule has 3 nitrogen and oxygen atoms in total. The smallest absolute Gasteiger partial charge is 0.122 e. The molecular formula is C17H30N2OS. The highest BCUT2D eigenvalue weighted by Gasteiger charge is 2.27. The standard InChI is InChI=1S/C17H30N2OS/c1-6-8-13(20-7-2)16-19-15(17(3,4)5)14(21-16)11-18-12-9-10-12/h12-13,18H,6-11H2,1-5H3. The predicted octanol–water partition coefficient (Wildman–Crippen LogP) is 4.57. The van der Waals surface area contributed by atoms with Gasteiger partial charge in [-0.15, -0.1) is 11.3 Å². The van der Waals surface area contributed by atoms with E-state index >= 15 is 0 Å². The molecule has 120 valence electrons. The van der Waals surface area contributed by atoms with E-state index in [1.165, 1.54) is 23.4 Å². The molecule has 0 amide bonds. The van der Waals surface area contributed by atoms with Gasteiger partial charge in [0, 0.05) is 29.5 Å². The van der Waals surface area contributed by atoms with Crippen molar-refractivity contribution in [1.82, 2.24) is 10.3 Å². The molecule has 4 heteroatoms. The van der Waals surface area contributed by atoms with Gasteiger partial charge in [0.25, 0.3) is 0 Å². The lowest BCUT2D eigenvalue weighted by Crippen LogP contribution is -2.20. The fourth-order valence-corrected chi connectivity index (χ4v) is 3.79. The lowest BCUT2D eigenvalue weighted by Gasteiger charge is -2.18. The van der Waals surface area contributed by atoms with Crippen LogP contribution in [0.4, 0.5) is 0 Å². The van der Waals surface area contributed by atoms with E-state index in [2.05, 4.69) is 39.9 Å². The van der Waals surface area contributed by atoms with Crippen LogP contribution in [0.15, 0.2) is 0 Å². The van der Waals surface area contributed by atoms with Gasteiger partial charge >= 0.3 is 0 Å². The molecule has 0 bridgehead atoms. The third-order valence-corrected chi connectivity index (χ3v) is 4.89. The highest BCUT2D eigenvalue weighted by Crippen LogP contribution is 2.35. The van der Waals surface area contributed by atoms with Crippen molar-refractivity contribution in [1.29, 1.82) is 0 Å². The first-order chi connectivity index (χ1) is 9.95. The van der Waals surface area contributed by atoms with Crippen LogP contribution in [-0.4, -0.2) is 17.6 Å². The Morgan fingerprint density at radius 1 is 1.33 bits per heavy atom. The number of rotatable bonds is 8. The minimum Gasteiger partial charge on any atom is -0.371 e. The minimum atomic E-state index is 0.0955. The summed E-state index contributed by atoms with van der Waals surface area (Å²) >= 11 is 1.85. The summed E-state index contributed by atoms with van der Waals surface area (Å²) in [6, 6.07) is 0.738. The summed E-state index contributed by atoms with van der Waals surface area (Å²) in [7, 11) is 0. The molecule has 0 radical (unpaired) electrons. The average molecular weight is 311 g/mol. The normalized spacial score (nSPS) is 17.2. The summed E-state index contributed by atoms with van der Waals surface area (Å²) < 4.78 is 5.91. The fraction of sp³-hybridized carbons (Fsp3) is 0.824. The maximum Gasteiger partial charge on any atom is 0.122 e. The van der Waals surface area contributed by atoms with Crippen LogP contribution in [0.2, 0.25) is 0 Å². The van der Waals surface area contributed by atoms with Gasteiger partial charge < -0.3 is 10.1 Å². The third kappa shape index (κ3) is 4.76. The summed E-state index contributed by atoms with van der Waals surface area (Å²) in [5, 5.41) is 4.79. The summed E-state index contributed by atoms with van der Waals surface area (Å²) in [5.41, 5.74) is 1.34. The molecule has 0 spiro atoms. The highest BCUT2D eigenvalue weighted by atomic mass is 32.1. The average Bonchev–Trinajstić information content (AvgIpc) is 3.13. The number of aromatic nitrogens is 1. The van der Waals surface area contributed by atoms with Gasteiger partial charge in [-0.3, -0.25) is 0 Å². The molecule has 1 aliphatic rings. The maximum absolute atomic E-state index is 5.91. The van der Waals surface area contributed by atoms with Crippen LogP contribution in [0.25, 0.3) is 0 Å². The zero-order chi connectivity index (χ0) is 15.5. The van der Waals surface area contributed by atoms with E-state index in [-0.39, 0.29) is 11.5 Å². The molecule has 0 aliphatic heterocycles. The second-order valence-corrected chi connectivity index (χ2v) is 8.08. The number of hydrogen-bond donors (Lipinski definition) is 1. The van der Waals surface area contributed by atoms with Crippen LogP contribution in [0.1, 0.15) is 82.0 Å². The fourth-order valence-electron chi connectivity index (χ4n) is 2.48. The summed E-state index contributed by atoms with van der Waals surface area (Å²) in [6.07, 6.45) is 5.01. The Hall–Kier alpha value is -0.450. The van der Waals surface area contributed by atoms with Crippen LogP contribution in [-0.2, 0) is 16.7 Å². The van der Waals surface area contributed by atoms with E-state index in [9.17, 15) is 0 Å². The summed E-state index contributed by atoms with van der Waals surface area (Å²) in [5.74, 6) is 0. The van der Waals surface area contributed by atoms with Crippen molar-refractivity contribution < 1.29 is 4.74 Å². The van der Waals surface area contributed by atoms with Gasteiger partial charge in [0.05, 0.1) is 5.69 Å². The quantitative estimate of drug-likeness (QED) is 0.763. The van der Waals surface area contributed by atoms with Crippen molar-refractivity contribution in [2.75, 3.05) is 6.61 Å². The first-order valence-corrected chi connectivity index (χ1v) is 9.12. The second kappa shape index (κ2) is 7.21. The minimum absolute atomic E-state index is 0.0955. The zero-order valence-electron chi connectivity index (χ0n) is 14.2. The van der Waals surface area contributed by atoms with Gasteiger partial charge in [0.1, 0.15) is 11.1 Å².